The molecule has 0 unspecified atom stereocenters. The molecule has 1 aromatic heterocycles. The molecule has 5 heteroatoms. The summed E-state index contributed by atoms with van der Waals surface area (Å²) in [7, 11) is 0. The average molecular weight is 307 g/mol. The van der Waals surface area contributed by atoms with Gasteiger partial charge in [-0.3, -0.25) is 4.79 Å². The molecule has 2 aromatic rings. The Morgan fingerprint density at radius 1 is 1.38 bits per heavy atom. The van der Waals surface area contributed by atoms with Crippen molar-refractivity contribution < 1.29 is 14.3 Å². The molecule has 0 aliphatic rings. The van der Waals surface area contributed by atoms with Crippen LogP contribution in [0.5, 0.6) is 0 Å². The van der Waals surface area contributed by atoms with Crippen molar-refractivity contribution in [2.75, 3.05) is 13.2 Å². The number of rotatable bonds is 6. The molecule has 2 N–H and O–H groups in total. The third kappa shape index (κ3) is 4.12. The van der Waals surface area contributed by atoms with Crippen molar-refractivity contribution in [2.45, 2.75) is 13.3 Å². The summed E-state index contributed by atoms with van der Waals surface area (Å²) in [5.41, 5.74) is 2.15. The minimum Gasteiger partial charge on any atom is -0.396 e. The second-order valence-electron chi connectivity index (χ2n) is 5.02. The predicted molar refractivity (Wildman–Crippen MR) is 82.1 cm³/mol. The van der Waals surface area contributed by atoms with Crippen LogP contribution in [0.25, 0.3) is 0 Å². The van der Waals surface area contributed by atoms with Crippen LogP contribution in [0.2, 0.25) is 0 Å². The molecule has 21 heavy (non-hydrogen) atoms. The maximum Gasteiger partial charge on any atom is 0.252 e. The lowest BCUT2D eigenvalue weighted by Crippen LogP contribution is -2.32. The fourth-order valence-electron chi connectivity index (χ4n) is 2.10. The van der Waals surface area contributed by atoms with Gasteiger partial charge in [-0.1, -0.05) is 18.2 Å². The smallest absolute Gasteiger partial charge is 0.252 e. The number of amides is 1. The fourth-order valence-corrected chi connectivity index (χ4v) is 2.93. The summed E-state index contributed by atoms with van der Waals surface area (Å²) >= 11 is 1.48. The molecule has 3 nitrogen and oxygen atoms in total. The third-order valence-corrected chi connectivity index (χ3v) is 4.24. The normalized spacial score (nSPS) is 12.1. The molecule has 0 aliphatic carbocycles. The second-order valence-corrected chi connectivity index (χ2v) is 5.77. The molecule has 0 saturated heterocycles. The average Bonchev–Trinajstić information content (AvgIpc) is 2.91. The van der Waals surface area contributed by atoms with Crippen LogP contribution in [0.3, 0.4) is 0 Å². The topological polar surface area (TPSA) is 49.3 Å². The minimum absolute atomic E-state index is 0.1000. The van der Waals surface area contributed by atoms with Crippen LogP contribution in [0.4, 0.5) is 4.39 Å². The number of thiophene rings is 1. The number of carbonyl (C=O) groups is 1. The zero-order valence-electron chi connectivity index (χ0n) is 11.8. The molecular formula is C16H18FNO2S. The lowest BCUT2D eigenvalue weighted by Gasteiger charge is -2.15. The first-order chi connectivity index (χ1) is 10.1. The standard InChI is InChI=1S/C16H18FNO2S/c1-11-9-21-10-14(11)16(20)18-7-12(8-19)6-13-4-2-3-5-15(13)17/h2-5,9-10,12,19H,6-8H2,1H3,(H,18,20)/t12-/m0/s1. The SMILES string of the molecule is Cc1cscc1C(=O)NC[C@@H](CO)Cc1ccccc1F. The van der Waals surface area contributed by atoms with Crippen LogP contribution in [0.15, 0.2) is 35.0 Å². The Morgan fingerprint density at radius 3 is 2.76 bits per heavy atom. The van der Waals surface area contributed by atoms with E-state index in [2.05, 4.69) is 5.32 Å². The van der Waals surface area contributed by atoms with Gasteiger partial charge in [-0.15, -0.1) is 0 Å². The van der Waals surface area contributed by atoms with Gasteiger partial charge < -0.3 is 10.4 Å². The number of hydrogen-bond acceptors (Lipinski definition) is 3. The molecule has 0 spiro atoms. The Labute approximate surface area is 127 Å². The van der Waals surface area contributed by atoms with E-state index >= 15 is 0 Å². The van der Waals surface area contributed by atoms with Crippen molar-refractivity contribution in [3.63, 3.8) is 0 Å². The molecule has 0 saturated carbocycles. The summed E-state index contributed by atoms with van der Waals surface area (Å²) in [6.07, 6.45) is 0.395. The van der Waals surface area contributed by atoms with Crippen LogP contribution in [0.1, 0.15) is 21.5 Å². The molecule has 0 fully saturated rings. The van der Waals surface area contributed by atoms with Crippen molar-refractivity contribution in [3.8, 4) is 0 Å². The molecule has 0 bridgehead atoms. The number of aliphatic hydroxyl groups excluding tert-OH is 1. The molecule has 112 valence electrons. The number of hydrogen-bond donors (Lipinski definition) is 2. The Balaban J connectivity index is 1.93. The van der Waals surface area contributed by atoms with Crippen molar-refractivity contribution >= 4 is 17.2 Å². The monoisotopic (exact) mass is 307 g/mol. The number of carbonyl (C=O) groups excluding carboxylic acids is 1. The highest BCUT2D eigenvalue weighted by Gasteiger charge is 2.15. The minimum atomic E-state index is -0.282. The Kier molecular flexibility index (Phi) is 5.47. The number of benzene rings is 1. The van der Waals surface area contributed by atoms with E-state index in [9.17, 15) is 14.3 Å². The fraction of sp³-hybridized carbons (Fsp3) is 0.312. The third-order valence-electron chi connectivity index (χ3n) is 3.38. The summed E-state index contributed by atoms with van der Waals surface area (Å²) < 4.78 is 13.6. The number of aliphatic hydroxyl groups is 1. The summed E-state index contributed by atoms with van der Waals surface area (Å²) in [5.74, 6) is -0.638. The molecule has 1 atom stereocenters. The van der Waals surface area contributed by atoms with E-state index in [0.29, 0.717) is 24.1 Å². The number of nitrogens with one attached hydrogen (secondary N) is 1. The Morgan fingerprint density at radius 2 is 2.14 bits per heavy atom. The maximum absolute atomic E-state index is 13.6. The van der Waals surface area contributed by atoms with Gasteiger partial charge in [0.1, 0.15) is 5.82 Å². The largest absolute Gasteiger partial charge is 0.396 e. The number of halogens is 1. The van der Waals surface area contributed by atoms with E-state index in [1.54, 1.807) is 23.6 Å². The van der Waals surface area contributed by atoms with E-state index in [1.807, 2.05) is 12.3 Å². The van der Waals surface area contributed by atoms with Crippen molar-refractivity contribution in [1.82, 2.24) is 5.32 Å². The van der Waals surface area contributed by atoms with Gasteiger partial charge in [0.05, 0.1) is 5.56 Å². The van der Waals surface area contributed by atoms with Crippen molar-refractivity contribution in [1.29, 1.82) is 0 Å². The molecule has 1 amide bonds. The van der Waals surface area contributed by atoms with E-state index in [1.165, 1.54) is 17.4 Å². The van der Waals surface area contributed by atoms with Gasteiger partial charge in [-0.2, -0.15) is 11.3 Å². The van der Waals surface area contributed by atoms with E-state index in [4.69, 9.17) is 0 Å². The van der Waals surface area contributed by atoms with Crippen molar-refractivity contribution in [3.05, 3.63) is 57.5 Å². The maximum atomic E-state index is 13.6. The zero-order chi connectivity index (χ0) is 15.2. The molecule has 1 heterocycles. The molecule has 2 rings (SSSR count). The van der Waals surface area contributed by atoms with Crippen LogP contribution in [0, 0.1) is 18.7 Å². The first-order valence-corrected chi connectivity index (χ1v) is 7.71. The van der Waals surface area contributed by atoms with Gasteiger partial charge in [0.15, 0.2) is 0 Å². The predicted octanol–water partition coefficient (Wildman–Crippen LogP) is 2.78. The number of aryl methyl sites for hydroxylation is 1. The van der Waals surface area contributed by atoms with Gasteiger partial charge in [-0.25, -0.2) is 4.39 Å². The quantitative estimate of drug-likeness (QED) is 0.862. The van der Waals surface area contributed by atoms with Crippen LogP contribution >= 0.6 is 11.3 Å². The summed E-state index contributed by atoms with van der Waals surface area (Å²) in [6.45, 7) is 2.10. The molecule has 0 radical (unpaired) electrons. The zero-order valence-corrected chi connectivity index (χ0v) is 12.6. The summed E-state index contributed by atoms with van der Waals surface area (Å²) in [5, 5.41) is 15.9. The highest BCUT2D eigenvalue weighted by molar-refractivity contribution is 7.08. The van der Waals surface area contributed by atoms with Crippen LogP contribution in [-0.2, 0) is 6.42 Å². The van der Waals surface area contributed by atoms with Gasteiger partial charge in [0.2, 0.25) is 0 Å². The Bertz CT molecular complexity index is 612. The lowest BCUT2D eigenvalue weighted by atomic mass is 9.99. The van der Waals surface area contributed by atoms with E-state index in [0.717, 1.165) is 5.56 Å². The van der Waals surface area contributed by atoms with Gasteiger partial charge >= 0.3 is 0 Å². The van der Waals surface area contributed by atoms with Crippen LogP contribution < -0.4 is 5.32 Å². The second kappa shape index (κ2) is 7.33. The Hall–Kier alpha value is -1.72. The van der Waals surface area contributed by atoms with Crippen molar-refractivity contribution in [2.24, 2.45) is 5.92 Å². The van der Waals surface area contributed by atoms with Gasteiger partial charge in [0.25, 0.3) is 5.91 Å². The highest BCUT2D eigenvalue weighted by Crippen LogP contribution is 2.15. The molecule has 1 aromatic carbocycles. The first-order valence-electron chi connectivity index (χ1n) is 6.77. The summed E-state index contributed by atoms with van der Waals surface area (Å²) in [4.78, 5) is 12.0. The summed E-state index contributed by atoms with van der Waals surface area (Å²) in [6, 6.07) is 6.49. The lowest BCUT2D eigenvalue weighted by molar-refractivity contribution is 0.0940. The van der Waals surface area contributed by atoms with Gasteiger partial charge in [-0.05, 0) is 35.9 Å². The molecular weight excluding hydrogens is 289 g/mol. The van der Waals surface area contributed by atoms with Gasteiger partial charge in [0, 0.05) is 24.4 Å². The van der Waals surface area contributed by atoms with E-state index in [-0.39, 0.29) is 24.2 Å². The first kappa shape index (κ1) is 15.7. The van der Waals surface area contributed by atoms with E-state index < -0.39 is 0 Å². The molecule has 0 aliphatic heterocycles. The van der Waals surface area contributed by atoms with Crippen LogP contribution in [-0.4, -0.2) is 24.2 Å². The highest BCUT2D eigenvalue weighted by atomic mass is 32.1.